The van der Waals surface area contributed by atoms with Gasteiger partial charge in [-0.1, -0.05) is 52.3 Å². The zero-order chi connectivity index (χ0) is 17.6. The van der Waals surface area contributed by atoms with Gasteiger partial charge in [-0.05, 0) is 54.4 Å². The summed E-state index contributed by atoms with van der Waals surface area (Å²) < 4.78 is 6.77. The molecular weight excluding hydrogens is 378 g/mol. The maximum absolute atomic E-state index is 12.5. The van der Waals surface area contributed by atoms with Crippen LogP contribution in [0.3, 0.4) is 0 Å². The van der Waals surface area contributed by atoms with Gasteiger partial charge in [0, 0.05) is 15.7 Å². The quantitative estimate of drug-likeness (QED) is 0.611. The molecule has 1 amide bonds. The average molecular weight is 396 g/mol. The van der Waals surface area contributed by atoms with Crippen molar-refractivity contribution in [3.05, 3.63) is 94.0 Å². The lowest BCUT2D eigenvalue weighted by Gasteiger charge is -2.10. The highest BCUT2D eigenvalue weighted by atomic mass is 79.9. The smallest absolute Gasteiger partial charge is 0.255 e. The van der Waals surface area contributed by atoms with Crippen LogP contribution in [0.1, 0.15) is 21.5 Å². The molecule has 0 aromatic heterocycles. The summed E-state index contributed by atoms with van der Waals surface area (Å²) in [7, 11) is 0. The van der Waals surface area contributed by atoms with Crippen LogP contribution >= 0.6 is 15.9 Å². The van der Waals surface area contributed by atoms with E-state index in [0.717, 1.165) is 21.3 Å². The molecule has 0 radical (unpaired) electrons. The summed E-state index contributed by atoms with van der Waals surface area (Å²) in [5, 5.41) is 2.94. The molecule has 3 aromatic rings. The molecule has 3 aromatic carbocycles. The predicted octanol–water partition coefficient (Wildman–Crippen LogP) is 5.59. The molecule has 0 heterocycles. The van der Waals surface area contributed by atoms with Crippen molar-refractivity contribution in [2.75, 3.05) is 5.32 Å². The Bertz CT molecular complexity index is 878. The van der Waals surface area contributed by atoms with Gasteiger partial charge < -0.3 is 10.1 Å². The van der Waals surface area contributed by atoms with Crippen LogP contribution in [-0.4, -0.2) is 5.91 Å². The predicted molar refractivity (Wildman–Crippen MR) is 104 cm³/mol. The number of benzene rings is 3. The molecule has 0 aliphatic carbocycles. The molecule has 0 saturated heterocycles. The normalized spacial score (nSPS) is 10.3. The zero-order valence-corrected chi connectivity index (χ0v) is 15.4. The molecule has 0 saturated carbocycles. The lowest BCUT2D eigenvalue weighted by Crippen LogP contribution is -2.12. The molecule has 126 valence electrons. The van der Waals surface area contributed by atoms with Crippen molar-refractivity contribution in [3.8, 4) is 5.75 Å². The number of carbonyl (C=O) groups excluding carboxylic acids is 1. The van der Waals surface area contributed by atoms with E-state index in [1.165, 1.54) is 0 Å². The first-order chi connectivity index (χ1) is 12.1. The molecule has 0 fully saturated rings. The van der Waals surface area contributed by atoms with E-state index in [1.54, 1.807) is 12.1 Å². The number of amides is 1. The summed E-state index contributed by atoms with van der Waals surface area (Å²) >= 11 is 3.42. The van der Waals surface area contributed by atoms with E-state index in [4.69, 9.17) is 4.74 Å². The Balaban J connectivity index is 1.69. The van der Waals surface area contributed by atoms with E-state index in [1.807, 2.05) is 67.6 Å². The molecule has 25 heavy (non-hydrogen) atoms. The lowest BCUT2D eigenvalue weighted by atomic mass is 10.1. The molecule has 4 heteroatoms. The first-order valence-corrected chi connectivity index (χ1v) is 8.75. The largest absolute Gasteiger partial charge is 0.489 e. The van der Waals surface area contributed by atoms with Gasteiger partial charge in [-0.25, -0.2) is 0 Å². The Morgan fingerprint density at radius 2 is 1.80 bits per heavy atom. The number of anilines is 1. The molecule has 0 spiro atoms. The second-order valence-electron chi connectivity index (χ2n) is 5.72. The maximum Gasteiger partial charge on any atom is 0.255 e. The van der Waals surface area contributed by atoms with Crippen LogP contribution in [0.2, 0.25) is 0 Å². The summed E-state index contributed by atoms with van der Waals surface area (Å²) in [5.41, 5.74) is 3.44. The minimum absolute atomic E-state index is 0.157. The van der Waals surface area contributed by atoms with E-state index in [9.17, 15) is 4.79 Å². The number of nitrogens with one attached hydrogen (secondary N) is 1. The van der Waals surface area contributed by atoms with Gasteiger partial charge in [0.25, 0.3) is 5.91 Å². The van der Waals surface area contributed by atoms with Gasteiger partial charge in [0.1, 0.15) is 12.4 Å². The van der Waals surface area contributed by atoms with Crippen molar-refractivity contribution in [1.82, 2.24) is 0 Å². The molecular formula is C21H18BrNO2. The molecule has 0 aliphatic heterocycles. The van der Waals surface area contributed by atoms with Gasteiger partial charge in [0.05, 0.1) is 0 Å². The number of carbonyl (C=O) groups is 1. The topological polar surface area (TPSA) is 38.3 Å². The Hall–Kier alpha value is -2.59. The highest BCUT2D eigenvalue weighted by Crippen LogP contribution is 2.22. The van der Waals surface area contributed by atoms with Crippen molar-refractivity contribution in [1.29, 1.82) is 0 Å². The number of rotatable bonds is 5. The van der Waals surface area contributed by atoms with Crippen LogP contribution < -0.4 is 10.1 Å². The summed E-state index contributed by atoms with van der Waals surface area (Å²) in [4.78, 5) is 12.5. The van der Waals surface area contributed by atoms with Crippen LogP contribution in [-0.2, 0) is 6.61 Å². The van der Waals surface area contributed by atoms with Crippen LogP contribution in [0.4, 0.5) is 5.69 Å². The fourth-order valence-corrected chi connectivity index (χ4v) is 2.91. The number of ether oxygens (including phenoxy) is 1. The van der Waals surface area contributed by atoms with Crippen molar-refractivity contribution in [2.45, 2.75) is 13.5 Å². The summed E-state index contributed by atoms with van der Waals surface area (Å²) in [5.74, 6) is 0.514. The van der Waals surface area contributed by atoms with E-state index < -0.39 is 0 Å². The second-order valence-corrected chi connectivity index (χ2v) is 6.63. The number of hydrogen-bond donors (Lipinski definition) is 1. The van der Waals surface area contributed by atoms with Gasteiger partial charge in [-0.2, -0.15) is 0 Å². The van der Waals surface area contributed by atoms with E-state index in [-0.39, 0.29) is 5.91 Å². The van der Waals surface area contributed by atoms with Crippen molar-refractivity contribution < 1.29 is 9.53 Å². The number of halogens is 1. The Kier molecular flexibility index (Phi) is 5.51. The minimum atomic E-state index is -0.157. The lowest BCUT2D eigenvalue weighted by molar-refractivity contribution is 0.102. The molecule has 3 nitrogen and oxygen atoms in total. The SMILES string of the molecule is Cc1cc(Br)ccc1NC(=O)c1cccc(OCc2ccccc2)c1. The van der Waals surface area contributed by atoms with Crippen molar-refractivity contribution in [3.63, 3.8) is 0 Å². The fourth-order valence-electron chi connectivity index (χ4n) is 2.43. The third-order valence-electron chi connectivity index (χ3n) is 3.78. The van der Waals surface area contributed by atoms with E-state index in [0.29, 0.717) is 17.9 Å². The molecule has 3 rings (SSSR count). The third-order valence-corrected chi connectivity index (χ3v) is 4.27. The number of aryl methyl sites for hydroxylation is 1. The Morgan fingerprint density at radius 1 is 1.00 bits per heavy atom. The maximum atomic E-state index is 12.5. The van der Waals surface area contributed by atoms with Crippen LogP contribution in [0, 0.1) is 6.92 Å². The fraction of sp³-hybridized carbons (Fsp3) is 0.0952. The highest BCUT2D eigenvalue weighted by molar-refractivity contribution is 9.10. The highest BCUT2D eigenvalue weighted by Gasteiger charge is 2.09. The summed E-state index contributed by atoms with van der Waals surface area (Å²) in [6.07, 6.45) is 0. The van der Waals surface area contributed by atoms with E-state index >= 15 is 0 Å². The van der Waals surface area contributed by atoms with Gasteiger partial charge in [0.15, 0.2) is 0 Å². The van der Waals surface area contributed by atoms with Crippen LogP contribution in [0.5, 0.6) is 5.75 Å². The second kappa shape index (κ2) is 7.99. The van der Waals surface area contributed by atoms with Gasteiger partial charge in [-0.3, -0.25) is 4.79 Å². The minimum Gasteiger partial charge on any atom is -0.489 e. The van der Waals surface area contributed by atoms with Crippen molar-refractivity contribution in [2.24, 2.45) is 0 Å². The van der Waals surface area contributed by atoms with E-state index in [2.05, 4.69) is 21.2 Å². The van der Waals surface area contributed by atoms with Gasteiger partial charge in [0.2, 0.25) is 0 Å². The monoisotopic (exact) mass is 395 g/mol. The molecule has 0 unspecified atom stereocenters. The van der Waals surface area contributed by atoms with Crippen LogP contribution in [0.15, 0.2) is 77.3 Å². The van der Waals surface area contributed by atoms with Crippen molar-refractivity contribution >= 4 is 27.5 Å². The molecule has 0 atom stereocenters. The average Bonchev–Trinajstić information content (AvgIpc) is 2.63. The Labute approximate surface area is 155 Å². The van der Waals surface area contributed by atoms with Gasteiger partial charge in [-0.15, -0.1) is 0 Å². The number of hydrogen-bond acceptors (Lipinski definition) is 2. The first kappa shape index (κ1) is 17.2. The molecule has 0 bridgehead atoms. The van der Waals surface area contributed by atoms with Gasteiger partial charge >= 0.3 is 0 Å². The molecule has 1 N–H and O–H groups in total. The Morgan fingerprint density at radius 3 is 2.56 bits per heavy atom. The van der Waals surface area contributed by atoms with Crippen LogP contribution in [0.25, 0.3) is 0 Å². The summed E-state index contributed by atoms with van der Waals surface area (Å²) in [6, 6.07) is 22.9. The molecule has 0 aliphatic rings. The standard InChI is InChI=1S/C21H18BrNO2/c1-15-12-18(22)10-11-20(15)23-21(24)17-8-5-9-19(13-17)25-14-16-6-3-2-4-7-16/h2-13H,14H2,1H3,(H,23,24). The zero-order valence-electron chi connectivity index (χ0n) is 13.8. The summed E-state index contributed by atoms with van der Waals surface area (Å²) in [6.45, 7) is 2.43. The third kappa shape index (κ3) is 4.70. The first-order valence-electron chi connectivity index (χ1n) is 7.96.